The SMILES string of the molecule is O=[N+]1CC=COC1. The maximum atomic E-state index is 10.2. The highest BCUT2D eigenvalue weighted by Gasteiger charge is 2.06. The van der Waals surface area contributed by atoms with Gasteiger partial charge in [-0.25, -0.2) is 0 Å². The van der Waals surface area contributed by atoms with Crippen LogP contribution in [0, 0.1) is 4.91 Å². The zero-order valence-corrected chi connectivity index (χ0v) is 3.83. The van der Waals surface area contributed by atoms with Gasteiger partial charge in [-0.2, -0.15) is 0 Å². The fraction of sp³-hybridized carbons (Fsp3) is 0.500. The predicted octanol–water partition coefficient (Wildman–Crippen LogP) is 0.267. The third-order valence-corrected chi connectivity index (χ3v) is 0.720. The lowest BCUT2D eigenvalue weighted by Crippen LogP contribution is -2.14. The van der Waals surface area contributed by atoms with Gasteiger partial charge in [-0.05, 0) is 0 Å². The van der Waals surface area contributed by atoms with Gasteiger partial charge in [0, 0.05) is 15.7 Å². The molecule has 0 aromatic rings. The van der Waals surface area contributed by atoms with Gasteiger partial charge in [-0.1, -0.05) is 0 Å². The summed E-state index contributed by atoms with van der Waals surface area (Å²) in [5.74, 6) is 0. The summed E-state index contributed by atoms with van der Waals surface area (Å²) in [7, 11) is 0. The van der Waals surface area contributed by atoms with Crippen LogP contribution in [-0.2, 0) is 4.74 Å². The van der Waals surface area contributed by atoms with E-state index in [4.69, 9.17) is 0 Å². The molecule has 7 heavy (non-hydrogen) atoms. The molecule has 0 amide bonds. The number of ether oxygens (including phenoxy) is 1. The Morgan fingerprint density at radius 1 is 1.71 bits per heavy atom. The summed E-state index contributed by atoms with van der Waals surface area (Å²) >= 11 is 0. The summed E-state index contributed by atoms with van der Waals surface area (Å²) in [6, 6.07) is 0. The van der Waals surface area contributed by atoms with E-state index in [9.17, 15) is 4.91 Å². The lowest BCUT2D eigenvalue weighted by molar-refractivity contribution is -0.579. The van der Waals surface area contributed by atoms with Crippen molar-refractivity contribution in [1.29, 1.82) is 0 Å². The lowest BCUT2D eigenvalue weighted by Gasteiger charge is -1.95. The number of rotatable bonds is 0. The van der Waals surface area contributed by atoms with Crippen LogP contribution in [0.2, 0.25) is 0 Å². The summed E-state index contributed by atoms with van der Waals surface area (Å²) in [6.45, 7) is 0.635. The van der Waals surface area contributed by atoms with Gasteiger partial charge < -0.3 is 4.74 Å². The first-order valence-electron chi connectivity index (χ1n) is 2.08. The van der Waals surface area contributed by atoms with Crippen molar-refractivity contribution in [2.45, 2.75) is 0 Å². The van der Waals surface area contributed by atoms with E-state index in [1.807, 2.05) is 0 Å². The summed E-state index contributed by atoms with van der Waals surface area (Å²) in [6.07, 6.45) is 3.21. The first-order valence-corrected chi connectivity index (χ1v) is 2.08. The average Bonchev–Trinajstić information content (AvgIpc) is 1.69. The zero-order chi connectivity index (χ0) is 5.11. The quantitative estimate of drug-likeness (QED) is 0.409. The monoisotopic (exact) mass is 100 g/mol. The Bertz CT molecular complexity index is 108. The van der Waals surface area contributed by atoms with Gasteiger partial charge in [0.1, 0.15) is 0 Å². The van der Waals surface area contributed by atoms with Crippen LogP contribution in [0.15, 0.2) is 12.3 Å². The van der Waals surface area contributed by atoms with Crippen molar-refractivity contribution in [3.8, 4) is 0 Å². The molecule has 1 aliphatic rings. The summed E-state index contributed by atoms with van der Waals surface area (Å²) in [4.78, 5) is 10.2. The van der Waals surface area contributed by atoms with Crippen LogP contribution < -0.4 is 0 Å². The molecule has 1 rings (SSSR count). The van der Waals surface area contributed by atoms with Crippen LogP contribution in [0.4, 0.5) is 0 Å². The minimum atomic E-state index is 0.177. The van der Waals surface area contributed by atoms with E-state index in [1.165, 1.54) is 6.26 Å². The smallest absolute Gasteiger partial charge is 0.333 e. The van der Waals surface area contributed by atoms with Crippen molar-refractivity contribution in [1.82, 2.24) is 0 Å². The van der Waals surface area contributed by atoms with Crippen molar-refractivity contribution in [2.75, 3.05) is 13.3 Å². The van der Waals surface area contributed by atoms with E-state index >= 15 is 0 Å². The average molecular weight is 100 g/mol. The molecule has 0 unspecified atom stereocenters. The van der Waals surface area contributed by atoms with Crippen molar-refractivity contribution in [3.05, 3.63) is 17.2 Å². The molecular formula is C4H6NO2+. The van der Waals surface area contributed by atoms with E-state index < -0.39 is 0 Å². The van der Waals surface area contributed by atoms with Crippen LogP contribution in [0.25, 0.3) is 0 Å². The van der Waals surface area contributed by atoms with Crippen LogP contribution in [0.3, 0.4) is 0 Å². The van der Waals surface area contributed by atoms with Gasteiger partial charge in [0.25, 0.3) is 0 Å². The van der Waals surface area contributed by atoms with Crippen molar-refractivity contribution >= 4 is 0 Å². The van der Waals surface area contributed by atoms with Gasteiger partial charge >= 0.3 is 6.73 Å². The Hall–Kier alpha value is -0.860. The third-order valence-electron chi connectivity index (χ3n) is 0.720. The van der Waals surface area contributed by atoms with E-state index in [1.54, 1.807) is 6.08 Å². The Balaban J connectivity index is 2.47. The third kappa shape index (κ3) is 0.994. The summed E-state index contributed by atoms with van der Waals surface area (Å²) < 4.78 is 5.45. The largest absolute Gasteiger partial charge is 0.441 e. The molecule has 0 aliphatic carbocycles. The first kappa shape index (κ1) is 4.30. The van der Waals surface area contributed by atoms with Gasteiger partial charge in [0.2, 0.25) is 6.54 Å². The van der Waals surface area contributed by atoms with E-state index in [0.717, 1.165) is 4.76 Å². The highest BCUT2D eigenvalue weighted by atomic mass is 16.5. The molecule has 0 bridgehead atoms. The number of nitroso groups, excluding NO2 is 1. The Kier molecular flexibility index (Phi) is 1.06. The van der Waals surface area contributed by atoms with Crippen LogP contribution in [0.5, 0.6) is 0 Å². The van der Waals surface area contributed by atoms with E-state index in [-0.39, 0.29) is 6.73 Å². The molecule has 3 heteroatoms. The summed E-state index contributed by atoms with van der Waals surface area (Å²) in [5, 5.41) is 0. The number of hydrogen-bond donors (Lipinski definition) is 0. The van der Waals surface area contributed by atoms with Gasteiger partial charge in [-0.15, -0.1) is 0 Å². The van der Waals surface area contributed by atoms with Crippen molar-refractivity contribution in [3.63, 3.8) is 0 Å². The van der Waals surface area contributed by atoms with Gasteiger partial charge in [-0.3, -0.25) is 0 Å². The van der Waals surface area contributed by atoms with E-state index in [0.29, 0.717) is 6.54 Å². The van der Waals surface area contributed by atoms with Gasteiger partial charge in [0.05, 0.1) is 6.26 Å². The normalized spacial score (nSPS) is 19.1. The van der Waals surface area contributed by atoms with Crippen LogP contribution in [0.1, 0.15) is 0 Å². The molecular weight excluding hydrogens is 94.0 g/mol. The molecule has 0 saturated heterocycles. The van der Waals surface area contributed by atoms with Crippen molar-refractivity contribution < 1.29 is 9.50 Å². The molecule has 0 radical (unpaired) electrons. The molecule has 0 N–H and O–H groups in total. The minimum Gasteiger partial charge on any atom is -0.441 e. The Morgan fingerprint density at radius 3 is 2.86 bits per heavy atom. The standard InChI is InChI=1S/C4H6NO2/c6-5-2-1-3-7-4-5/h1,3H,2,4H2/q+1. The highest BCUT2D eigenvalue weighted by molar-refractivity contribution is 4.72. The Morgan fingerprint density at radius 2 is 2.57 bits per heavy atom. The van der Waals surface area contributed by atoms with E-state index in [2.05, 4.69) is 4.74 Å². The topological polar surface area (TPSA) is 29.3 Å². The molecule has 0 spiro atoms. The molecule has 1 aliphatic heterocycles. The summed E-state index contributed by atoms with van der Waals surface area (Å²) in [5.41, 5.74) is 0. The molecule has 0 saturated carbocycles. The van der Waals surface area contributed by atoms with Crippen LogP contribution >= 0.6 is 0 Å². The fourth-order valence-electron chi connectivity index (χ4n) is 0.408. The highest BCUT2D eigenvalue weighted by Crippen LogP contribution is 1.87. The predicted molar refractivity (Wildman–Crippen MR) is 23.6 cm³/mol. The maximum absolute atomic E-state index is 10.2. The lowest BCUT2D eigenvalue weighted by atomic mass is 10.6. The Labute approximate surface area is 41.2 Å². The number of nitrogens with zero attached hydrogens (tertiary/aromatic N) is 1. The second-order valence-electron chi connectivity index (χ2n) is 1.33. The second-order valence-corrected chi connectivity index (χ2v) is 1.33. The second kappa shape index (κ2) is 1.73. The van der Waals surface area contributed by atoms with Gasteiger partial charge in [0.15, 0.2) is 0 Å². The maximum Gasteiger partial charge on any atom is 0.333 e. The molecule has 1 heterocycles. The minimum absolute atomic E-state index is 0.177. The molecule has 38 valence electrons. The molecule has 0 fully saturated rings. The molecule has 0 atom stereocenters. The first-order chi connectivity index (χ1) is 3.39. The number of hydrogen-bond acceptors (Lipinski definition) is 2. The fourth-order valence-corrected chi connectivity index (χ4v) is 0.408. The molecule has 0 aromatic carbocycles. The molecule has 0 aromatic heterocycles. The van der Waals surface area contributed by atoms with Crippen molar-refractivity contribution in [2.24, 2.45) is 0 Å². The van der Waals surface area contributed by atoms with Crippen LogP contribution in [-0.4, -0.2) is 18.0 Å². The zero-order valence-electron chi connectivity index (χ0n) is 3.83. The molecule has 3 nitrogen and oxygen atoms in total.